The average Bonchev–Trinajstić information content (AvgIpc) is 3.55. The molecule has 0 aliphatic heterocycles. The summed E-state index contributed by atoms with van der Waals surface area (Å²) in [5.74, 6) is 1.94. The fourth-order valence-corrected chi connectivity index (χ4v) is 4.49. The van der Waals surface area contributed by atoms with Gasteiger partial charge < -0.3 is 14.5 Å². The molecule has 166 valence electrons. The van der Waals surface area contributed by atoms with E-state index in [9.17, 15) is 10.1 Å². The average molecular weight is 472 g/mol. The van der Waals surface area contributed by atoms with E-state index in [1.807, 2.05) is 16.7 Å². The van der Waals surface area contributed by atoms with Gasteiger partial charge in [-0.1, -0.05) is 23.4 Å². The van der Waals surface area contributed by atoms with Gasteiger partial charge in [-0.2, -0.15) is 5.26 Å². The first-order valence-corrected chi connectivity index (χ1v) is 11.6. The smallest absolute Gasteiger partial charge is 0.231 e. The Morgan fingerprint density at radius 2 is 2.06 bits per heavy atom. The Morgan fingerprint density at radius 3 is 2.75 bits per heavy atom. The summed E-state index contributed by atoms with van der Waals surface area (Å²) in [6.45, 7) is 0.602. The van der Waals surface area contributed by atoms with Gasteiger partial charge in [0, 0.05) is 5.02 Å². The number of amides is 1. The summed E-state index contributed by atoms with van der Waals surface area (Å²) in [4.78, 5) is 12.5. The number of nitrogens with one attached hydrogen (secondary N) is 1. The van der Waals surface area contributed by atoms with Gasteiger partial charge in [-0.25, -0.2) is 0 Å². The number of nitrogens with zero attached hydrogens (tertiary/aromatic N) is 4. The maximum Gasteiger partial charge on any atom is 0.231 e. The van der Waals surface area contributed by atoms with Crippen LogP contribution in [0.15, 0.2) is 52.2 Å². The van der Waals surface area contributed by atoms with Crippen LogP contribution in [0.4, 0.5) is 0 Å². The van der Waals surface area contributed by atoms with Crippen molar-refractivity contribution in [3.63, 3.8) is 0 Å². The second-order valence-corrected chi connectivity index (χ2v) is 8.92. The van der Waals surface area contributed by atoms with Crippen molar-refractivity contribution in [2.24, 2.45) is 0 Å². The third-order valence-corrected chi connectivity index (χ3v) is 6.47. The van der Waals surface area contributed by atoms with Crippen LogP contribution in [-0.4, -0.2) is 32.0 Å². The van der Waals surface area contributed by atoms with Crippen molar-refractivity contribution >= 4 is 29.3 Å². The summed E-state index contributed by atoms with van der Waals surface area (Å²) in [6.07, 6.45) is 4.90. The number of benzene rings is 1. The van der Waals surface area contributed by atoms with Crippen LogP contribution < -0.4 is 10.1 Å². The van der Waals surface area contributed by atoms with E-state index in [2.05, 4.69) is 21.6 Å². The van der Waals surface area contributed by atoms with Crippen molar-refractivity contribution in [1.82, 2.24) is 20.1 Å². The Bertz CT molecular complexity index is 1090. The molecule has 1 saturated carbocycles. The van der Waals surface area contributed by atoms with Crippen LogP contribution in [0.3, 0.4) is 0 Å². The van der Waals surface area contributed by atoms with Gasteiger partial charge in [0.25, 0.3) is 0 Å². The highest BCUT2D eigenvalue weighted by Crippen LogP contribution is 2.29. The molecule has 2 aromatic heterocycles. The number of carbonyl (C=O) groups is 1. The minimum atomic E-state index is -0.739. The van der Waals surface area contributed by atoms with Gasteiger partial charge in [0.05, 0.1) is 24.6 Å². The van der Waals surface area contributed by atoms with Crippen LogP contribution in [-0.2, 0) is 17.9 Å². The molecule has 1 amide bonds. The standard InChI is InChI=1S/C22H22ClN5O3S/c23-16-5-7-17(8-6-16)31-13-19-26-27-21(28(19)12-18-4-3-11-30-18)32-14-20(29)25-22(15-24)9-1-2-10-22/h3-8,11H,1-2,9-10,12-14H2,(H,25,29). The molecule has 0 atom stereocenters. The molecule has 32 heavy (non-hydrogen) atoms. The van der Waals surface area contributed by atoms with Crippen molar-refractivity contribution < 1.29 is 13.9 Å². The zero-order valence-corrected chi connectivity index (χ0v) is 18.9. The molecule has 10 heteroatoms. The summed E-state index contributed by atoms with van der Waals surface area (Å²) >= 11 is 7.19. The second-order valence-electron chi connectivity index (χ2n) is 7.54. The molecule has 3 aromatic rings. The van der Waals surface area contributed by atoms with E-state index in [-0.39, 0.29) is 18.3 Å². The topological polar surface area (TPSA) is 106 Å². The lowest BCUT2D eigenvalue weighted by molar-refractivity contribution is -0.119. The Hall–Kier alpha value is -2.96. The predicted octanol–water partition coefficient (Wildman–Crippen LogP) is 4.20. The minimum Gasteiger partial charge on any atom is -0.486 e. The maximum atomic E-state index is 12.5. The third kappa shape index (κ3) is 5.44. The van der Waals surface area contributed by atoms with Gasteiger partial charge >= 0.3 is 0 Å². The molecule has 0 saturated heterocycles. The fraction of sp³-hybridized carbons (Fsp3) is 0.364. The van der Waals surface area contributed by atoms with E-state index in [4.69, 9.17) is 20.8 Å². The van der Waals surface area contributed by atoms with E-state index >= 15 is 0 Å². The number of hydrogen-bond donors (Lipinski definition) is 1. The molecule has 2 heterocycles. The number of carbonyl (C=O) groups excluding carboxylic acids is 1. The highest BCUT2D eigenvalue weighted by molar-refractivity contribution is 7.99. The zero-order valence-electron chi connectivity index (χ0n) is 17.3. The molecule has 8 nitrogen and oxygen atoms in total. The Morgan fingerprint density at radius 1 is 1.28 bits per heavy atom. The highest BCUT2D eigenvalue weighted by atomic mass is 35.5. The molecule has 1 aliphatic carbocycles. The largest absolute Gasteiger partial charge is 0.486 e. The van der Waals surface area contributed by atoms with Gasteiger partial charge in [-0.15, -0.1) is 10.2 Å². The quantitative estimate of drug-likeness (QED) is 0.466. The number of nitriles is 1. The molecule has 1 fully saturated rings. The maximum absolute atomic E-state index is 12.5. The normalized spacial score (nSPS) is 14.8. The van der Waals surface area contributed by atoms with E-state index in [1.165, 1.54) is 11.8 Å². The van der Waals surface area contributed by atoms with Crippen LogP contribution in [0.25, 0.3) is 0 Å². The van der Waals surface area contributed by atoms with E-state index in [0.29, 0.717) is 41.1 Å². The number of aromatic nitrogens is 3. The van der Waals surface area contributed by atoms with Crippen LogP contribution in [0, 0.1) is 11.3 Å². The number of thioether (sulfide) groups is 1. The van der Waals surface area contributed by atoms with Gasteiger partial charge in [-0.05, 0) is 62.1 Å². The molecule has 0 unspecified atom stereocenters. The molecule has 4 rings (SSSR count). The fourth-order valence-electron chi connectivity index (χ4n) is 3.60. The lowest BCUT2D eigenvalue weighted by Gasteiger charge is -2.21. The molecule has 0 bridgehead atoms. The lowest BCUT2D eigenvalue weighted by Crippen LogP contribution is -2.45. The predicted molar refractivity (Wildman–Crippen MR) is 119 cm³/mol. The molecule has 1 aromatic carbocycles. The highest BCUT2D eigenvalue weighted by Gasteiger charge is 2.35. The van der Waals surface area contributed by atoms with Crippen LogP contribution in [0.2, 0.25) is 5.02 Å². The summed E-state index contributed by atoms with van der Waals surface area (Å²) in [6, 6.07) is 13.0. The SMILES string of the molecule is N#CC1(NC(=O)CSc2nnc(COc3ccc(Cl)cc3)n2Cc2ccco2)CCCC1. The van der Waals surface area contributed by atoms with Crippen molar-refractivity contribution in [3.8, 4) is 11.8 Å². The Kier molecular flexibility index (Phi) is 7.02. The van der Waals surface area contributed by atoms with E-state index < -0.39 is 5.54 Å². The van der Waals surface area contributed by atoms with E-state index in [0.717, 1.165) is 18.6 Å². The molecular weight excluding hydrogens is 450 g/mol. The molecular formula is C22H22ClN5O3S. The number of furan rings is 1. The summed E-state index contributed by atoms with van der Waals surface area (Å²) in [7, 11) is 0. The number of rotatable bonds is 9. The van der Waals surface area contributed by atoms with Crippen molar-refractivity contribution in [1.29, 1.82) is 5.26 Å². The third-order valence-electron chi connectivity index (χ3n) is 5.25. The van der Waals surface area contributed by atoms with E-state index in [1.54, 1.807) is 30.5 Å². The summed E-state index contributed by atoms with van der Waals surface area (Å²) in [5, 5.41) is 22.1. The molecule has 0 spiro atoms. The number of hydrogen-bond acceptors (Lipinski definition) is 7. The minimum absolute atomic E-state index is 0.137. The van der Waals surface area contributed by atoms with Crippen LogP contribution in [0.5, 0.6) is 5.75 Å². The van der Waals surface area contributed by atoms with Gasteiger partial charge in [0.1, 0.15) is 23.7 Å². The number of ether oxygens (including phenoxy) is 1. The van der Waals surface area contributed by atoms with Crippen LogP contribution >= 0.6 is 23.4 Å². The molecule has 1 N–H and O–H groups in total. The number of halogens is 1. The van der Waals surface area contributed by atoms with Crippen molar-refractivity contribution in [2.75, 3.05) is 5.75 Å². The van der Waals surface area contributed by atoms with Crippen molar-refractivity contribution in [2.45, 2.75) is 49.5 Å². The first-order valence-electron chi connectivity index (χ1n) is 10.2. The van der Waals surface area contributed by atoms with Gasteiger partial charge in [0.15, 0.2) is 11.0 Å². The Balaban J connectivity index is 1.44. The molecule has 0 radical (unpaired) electrons. The second kappa shape index (κ2) is 10.1. The Labute approximate surface area is 194 Å². The van der Waals surface area contributed by atoms with Gasteiger partial charge in [-0.3, -0.25) is 9.36 Å². The lowest BCUT2D eigenvalue weighted by atomic mass is 10.0. The summed E-state index contributed by atoms with van der Waals surface area (Å²) in [5.41, 5.74) is -0.739. The van der Waals surface area contributed by atoms with Crippen molar-refractivity contribution in [3.05, 3.63) is 59.3 Å². The summed E-state index contributed by atoms with van der Waals surface area (Å²) < 4.78 is 13.2. The van der Waals surface area contributed by atoms with Crippen LogP contribution in [0.1, 0.15) is 37.3 Å². The monoisotopic (exact) mass is 471 g/mol. The van der Waals surface area contributed by atoms with Gasteiger partial charge in [0.2, 0.25) is 5.91 Å². The zero-order chi connectivity index (χ0) is 22.4. The first kappa shape index (κ1) is 22.2. The molecule has 1 aliphatic rings. The first-order chi connectivity index (χ1) is 15.6.